The fourth-order valence-corrected chi connectivity index (χ4v) is 4.16. The lowest BCUT2D eigenvalue weighted by Gasteiger charge is -2.35. The number of nitrogens with zero attached hydrogens (tertiary/aromatic N) is 3. The molecule has 8 heteroatoms. The number of hydrogen-bond donors (Lipinski definition) is 1. The average molecular weight is 353 g/mol. The number of fused-ring (bicyclic) bond motifs is 1. The van der Waals surface area contributed by atoms with Gasteiger partial charge in [-0.2, -0.15) is 0 Å². The number of rotatable bonds is 3. The van der Waals surface area contributed by atoms with E-state index >= 15 is 0 Å². The molecular formula is C16H20FN3O3S. The molecule has 2 aliphatic rings. The minimum atomic E-state index is -1.88. The molecule has 1 aromatic rings. The molecule has 0 saturated carbocycles. The van der Waals surface area contributed by atoms with Crippen LogP contribution in [0.3, 0.4) is 0 Å². The van der Waals surface area contributed by atoms with Crippen molar-refractivity contribution in [3.05, 3.63) is 29.1 Å². The second kappa shape index (κ2) is 6.52. The summed E-state index contributed by atoms with van der Waals surface area (Å²) in [6, 6.07) is 2.91. The van der Waals surface area contributed by atoms with Gasteiger partial charge in [-0.3, -0.25) is 0 Å². The summed E-state index contributed by atoms with van der Waals surface area (Å²) in [5.74, 6) is -1.71. The molecule has 0 aromatic heterocycles. The Labute approximate surface area is 142 Å². The molecule has 2 aliphatic heterocycles. The van der Waals surface area contributed by atoms with Crippen molar-refractivity contribution < 1.29 is 18.5 Å². The van der Waals surface area contributed by atoms with E-state index in [1.807, 2.05) is 18.9 Å². The maximum Gasteiger partial charge on any atom is 0.346 e. The second-order valence-electron chi connectivity index (χ2n) is 5.91. The Bertz CT molecular complexity index is 730. The minimum Gasteiger partial charge on any atom is -0.477 e. The Kier molecular flexibility index (Phi) is 4.60. The highest BCUT2D eigenvalue weighted by atomic mass is 32.2. The molecule has 0 aliphatic carbocycles. The Morgan fingerprint density at radius 3 is 2.50 bits per heavy atom. The van der Waals surface area contributed by atoms with Crippen LogP contribution < -0.4 is 9.80 Å². The fraction of sp³-hybridized carbons (Fsp3) is 0.438. The Morgan fingerprint density at radius 2 is 1.92 bits per heavy atom. The number of carboxylic acids is 1. The summed E-state index contributed by atoms with van der Waals surface area (Å²) in [5, 5.41) is 9.21. The van der Waals surface area contributed by atoms with Crippen LogP contribution in [0.5, 0.6) is 0 Å². The molecule has 3 rings (SSSR count). The second-order valence-corrected chi connectivity index (χ2v) is 7.33. The molecule has 1 fully saturated rings. The zero-order valence-electron chi connectivity index (χ0n) is 13.7. The molecule has 0 bridgehead atoms. The summed E-state index contributed by atoms with van der Waals surface area (Å²) < 4.78 is 27.1. The van der Waals surface area contributed by atoms with Crippen molar-refractivity contribution in [2.75, 3.05) is 49.6 Å². The molecule has 1 aromatic carbocycles. The van der Waals surface area contributed by atoms with Gasteiger partial charge in [0.05, 0.1) is 27.1 Å². The third-order valence-electron chi connectivity index (χ3n) is 4.41. The number of carboxylic acid groups (broad SMARTS) is 1. The Balaban J connectivity index is 2.03. The van der Waals surface area contributed by atoms with Crippen molar-refractivity contribution in [3.8, 4) is 0 Å². The first kappa shape index (κ1) is 16.9. The number of piperazine rings is 1. The third kappa shape index (κ3) is 2.91. The van der Waals surface area contributed by atoms with Gasteiger partial charge in [-0.1, -0.05) is 0 Å². The monoisotopic (exact) mass is 353 g/mol. The molecule has 2 heterocycles. The molecule has 24 heavy (non-hydrogen) atoms. The van der Waals surface area contributed by atoms with Crippen LogP contribution in [-0.2, 0) is 15.6 Å². The summed E-state index contributed by atoms with van der Waals surface area (Å²) in [7, 11) is 0.147. The predicted molar refractivity (Wildman–Crippen MR) is 91.3 cm³/mol. The van der Waals surface area contributed by atoms with Crippen molar-refractivity contribution in [1.82, 2.24) is 4.90 Å². The molecule has 1 atom stereocenters. The summed E-state index contributed by atoms with van der Waals surface area (Å²) in [6.07, 6.45) is 1.38. The van der Waals surface area contributed by atoms with E-state index in [9.17, 15) is 18.5 Å². The van der Waals surface area contributed by atoms with Gasteiger partial charge in [0.2, 0.25) is 0 Å². The molecule has 6 nitrogen and oxygen atoms in total. The van der Waals surface area contributed by atoms with Gasteiger partial charge in [-0.05, 0) is 26.1 Å². The van der Waals surface area contributed by atoms with E-state index in [0.29, 0.717) is 17.9 Å². The molecule has 0 amide bonds. The average Bonchev–Trinajstić information content (AvgIpc) is 2.56. The van der Waals surface area contributed by atoms with Gasteiger partial charge in [0, 0.05) is 38.9 Å². The van der Waals surface area contributed by atoms with Crippen molar-refractivity contribution in [3.63, 3.8) is 0 Å². The summed E-state index contributed by atoms with van der Waals surface area (Å²) in [5.41, 5.74) is 1.08. The minimum absolute atomic E-state index is 0.215. The molecule has 1 unspecified atom stereocenters. The van der Waals surface area contributed by atoms with Gasteiger partial charge in [0.1, 0.15) is 10.7 Å². The number of aliphatic carboxylic acids is 1. The van der Waals surface area contributed by atoms with Crippen LogP contribution in [0.1, 0.15) is 6.92 Å². The van der Waals surface area contributed by atoms with Gasteiger partial charge in [0.15, 0.2) is 0 Å². The number of carbonyl (C=O) groups is 1. The first-order valence-corrected chi connectivity index (χ1v) is 8.98. The normalized spacial score (nSPS) is 21.5. The van der Waals surface area contributed by atoms with Gasteiger partial charge in [-0.15, -0.1) is 0 Å². The van der Waals surface area contributed by atoms with Crippen LogP contribution >= 0.6 is 0 Å². The molecule has 130 valence electrons. The van der Waals surface area contributed by atoms with Crippen LogP contribution in [0, 0.1) is 5.82 Å². The van der Waals surface area contributed by atoms with Gasteiger partial charge >= 0.3 is 5.97 Å². The Morgan fingerprint density at radius 1 is 1.25 bits per heavy atom. The standard InChI is InChI=1S/C16H20FN3O3S/c1-3-19-10-15(16(21)22)24(23)14-8-11(17)12(9-13(14)19)20-6-4-18(2)5-7-20/h8-10H,3-7H2,1-2H3,(H,21,22). The number of likely N-dealkylation sites (N-methyl/N-ethyl adjacent to an activating group) is 1. The summed E-state index contributed by atoms with van der Waals surface area (Å²) in [6.45, 7) is 5.52. The summed E-state index contributed by atoms with van der Waals surface area (Å²) >= 11 is 0. The maximum absolute atomic E-state index is 14.6. The van der Waals surface area contributed by atoms with E-state index in [1.54, 1.807) is 11.0 Å². The number of hydrogen-bond acceptors (Lipinski definition) is 5. The highest BCUT2D eigenvalue weighted by Crippen LogP contribution is 2.37. The van der Waals surface area contributed by atoms with E-state index in [-0.39, 0.29) is 9.80 Å². The molecule has 1 saturated heterocycles. The van der Waals surface area contributed by atoms with Crippen molar-refractivity contribution in [1.29, 1.82) is 0 Å². The SMILES string of the molecule is CCN1C=C(C(=O)O)S(=O)c2cc(F)c(N3CCN(C)CC3)cc21. The van der Waals surface area contributed by atoms with Crippen LogP contribution in [0.25, 0.3) is 0 Å². The van der Waals surface area contributed by atoms with Crippen molar-refractivity contribution >= 4 is 28.1 Å². The first-order chi connectivity index (χ1) is 11.4. The fourth-order valence-electron chi connectivity index (χ4n) is 2.97. The largest absolute Gasteiger partial charge is 0.477 e. The van der Waals surface area contributed by atoms with Crippen LogP contribution in [0.15, 0.2) is 28.1 Å². The predicted octanol–water partition coefficient (Wildman–Crippen LogP) is 1.45. The Hall–Kier alpha value is -1.93. The van der Waals surface area contributed by atoms with E-state index < -0.39 is 22.6 Å². The van der Waals surface area contributed by atoms with Gasteiger partial charge < -0.3 is 19.8 Å². The molecule has 0 radical (unpaired) electrons. The number of anilines is 2. The zero-order valence-corrected chi connectivity index (χ0v) is 14.5. The smallest absolute Gasteiger partial charge is 0.346 e. The molecular weight excluding hydrogens is 333 g/mol. The highest BCUT2D eigenvalue weighted by molar-refractivity contribution is 7.90. The lowest BCUT2D eigenvalue weighted by Crippen LogP contribution is -2.45. The molecule has 1 N–H and O–H groups in total. The maximum atomic E-state index is 14.6. The van der Waals surface area contributed by atoms with Crippen LogP contribution in [-0.4, -0.2) is 60.0 Å². The van der Waals surface area contributed by atoms with E-state index in [1.165, 1.54) is 12.3 Å². The van der Waals surface area contributed by atoms with Gasteiger partial charge in [0.25, 0.3) is 0 Å². The third-order valence-corrected chi connectivity index (χ3v) is 5.81. The number of benzene rings is 1. The van der Waals surface area contributed by atoms with Gasteiger partial charge in [-0.25, -0.2) is 13.4 Å². The first-order valence-electron chi connectivity index (χ1n) is 7.83. The number of halogens is 1. The van der Waals surface area contributed by atoms with E-state index in [4.69, 9.17) is 0 Å². The lowest BCUT2D eigenvalue weighted by molar-refractivity contribution is -0.131. The van der Waals surface area contributed by atoms with Crippen LogP contribution in [0.4, 0.5) is 15.8 Å². The van der Waals surface area contributed by atoms with E-state index in [2.05, 4.69) is 4.90 Å². The van der Waals surface area contributed by atoms with Crippen molar-refractivity contribution in [2.24, 2.45) is 0 Å². The molecule has 0 spiro atoms. The zero-order chi connectivity index (χ0) is 17.4. The topological polar surface area (TPSA) is 64.1 Å². The lowest BCUT2D eigenvalue weighted by atomic mass is 10.2. The quantitative estimate of drug-likeness (QED) is 0.887. The van der Waals surface area contributed by atoms with Crippen LogP contribution in [0.2, 0.25) is 0 Å². The van der Waals surface area contributed by atoms with E-state index in [0.717, 1.165) is 26.2 Å². The highest BCUT2D eigenvalue weighted by Gasteiger charge is 2.30. The summed E-state index contributed by atoms with van der Waals surface area (Å²) in [4.78, 5) is 17.1. The van der Waals surface area contributed by atoms with Crippen molar-refractivity contribution in [2.45, 2.75) is 11.8 Å².